The van der Waals surface area contributed by atoms with Crippen LogP contribution in [0.3, 0.4) is 0 Å². The summed E-state index contributed by atoms with van der Waals surface area (Å²) >= 11 is 1.57. The van der Waals surface area contributed by atoms with Crippen LogP contribution in [0.25, 0.3) is 10.6 Å². The molecule has 0 bridgehead atoms. The van der Waals surface area contributed by atoms with Crippen LogP contribution in [-0.2, 0) is 0 Å². The summed E-state index contributed by atoms with van der Waals surface area (Å²) in [7, 11) is 1.60. The lowest BCUT2D eigenvalue weighted by Crippen LogP contribution is -1.88. The Kier molecular flexibility index (Phi) is 2.23. The molecular weight excluding hydrogens is 184 g/mol. The lowest BCUT2D eigenvalue weighted by atomic mass is 10.2. The van der Waals surface area contributed by atoms with Gasteiger partial charge in [-0.05, 0) is 6.07 Å². The zero-order valence-electron chi connectivity index (χ0n) is 7.02. The summed E-state index contributed by atoms with van der Waals surface area (Å²) in [5, 5.41) is 2.85. The van der Waals surface area contributed by atoms with Crippen LogP contribution in [0.5, 0.6) is 5.75 Å². The van der Waals surface area contributed by atoms with E-state index in [4.69, 9.17) is 4.74 Å². The van der Waals surface area contributed by atoms with Crippen LogP contribution < -0.4 is 4.74 Å². The number of rotatable bonds is 2. The van der Waals surface area contributed by atoms with Gasteiger partial charge in [-0.1, -0.05) is 0 Å². The van der Waals surface area contributed by atoms with Gasteiger partial charge in [-0.2, -0.15) is 0 Å². The molecule has 0 N–H and O–H groups in total. The molecule has 0 atom stereocenters. The Balaban J connectivity index is 2.51. The van der Waals surface area contributed by atoms with E-state index in [-0.39, 0.29) is 0 Å². The van der Waals surface area contributed by atoms with E-state index in [1.54, 1.807) is 30.8 Å². The van der Waals surface area contributed by atoms with Gasteiger partial charge in [-0.15, -0.1) is 11.3 Å². The predicted octanol–water partition coefficient (Wildman–Crippen LogP) is 2.01. The number of ether oxygens (including phenoxy) is 1. The number of nitrogens with zero attached hydrogens (tertiary/aromatic N) is 2. The first kappa shape index (κ1) is 8.19. The summed E-state index contributed by atoms with van der Waals surface area (Å²) < 4.78 is 5.12. The van der Waals surface area contributed by atoms with E-state index in [0.29, 0.717) is 5.75 Å². The molecule has 2 aromatic rings. The maximum absolute atomic E-state index is 5.12. The molecule has 3 nitrogen and oxygen atoms in total. The maximum atomic E-state index is 5.12. The second-order valence-electron chi connectivity index (χ2n) is 2.34. The fourth-order valence-corrected chi connectivity index (χ4v) is 1.68. The SMILES string of the molecule is COc1[c]nccc1-c1nccs1. The van der Waals surface area contributed by atoms with E-state index >= 15 is 0 Å². The molecule has 0 aromatic carbocycles. The van der Waals surface area contributed by atoms with Crippen molar-refractivity contribution in [3.05, 3.63) is 30.0 Å². The molecule has 0 spiro atoms. The third-order valence-electron chi connectivity index (χ3n) is 1.59. The smallest absolute Gasteiger partial charge is 0.157 e. The Morgan fingerprint density at radius 3 is 3.08 bits per heavy atom. The molecule has 65 valence electrons. The van der Waals surface area contributed by atoms with E-state index in [1.165, 1.54) is 0 Å². The molecule has 0 saturated heterocycles. The average Bonchev–Trinajstić information content (AvgIpc) is 2.70. The summed E-state index contributed by atoms with van der Waals surface area (Å²) in [5.74, 6) is 0.637. The van der Waals surface area contributed by atoms with Crippen LogP contribution >= 0.6 is 11.3 Å². The van der Waals surface area contributed by atoms with Crippen LogP contribution in [0.4, 0.5) is 0 Å². The molecule has 0 unspecified atom stereocenters. The minimum Gasteiger partial charge on any atom is -0.494 e. The number of methoxy groups -OCH3 is 1. The van der Waals surface area contributed by atoms with Gasteiger partial charge in [-0.25, -0.2) is 4.98 Å². The van der Waals surface area contributed by atoms with Gasteiger partial charge in [0.1, 0.15) is 11.2 Å². The van der Waals surface area contributed by atoms with E-state index in [1.807, 2.05) is 11.4 Å². The van der Waals surface area contributed by atoms with Gasteiger partial charge >= 0.3 is 0 Å². The number of pyridine rings is 1. The Labute approximate surface area is 80.0 Å². The van der Waals surface area contributed by atoms with Gasteiger partial charge in [0.05, 0.1) is 12.7 Å². The summed E-state index contributed by atoms with van der Waals surface area (Å²) in [6.07, 6.45) is 6.21. The fraction of sp³-hybridized carbons (Fsp3) is 0.111. The minimum atomic E-state index is 0.637. The van der Waals surface area contributed by atoms with Crippen LogP contribution in [0.15, 0.2) is 23.8 Å². The number of aromatic nitrogens is 2. The molecule has 0 aliphatic rings. The Morgan fingerprint density at radius 2 is 2.38 bits per heavy atom. The van der Waals surface area contributed by atoms with Crippen molar-refractivity contribution in [1.29, 1.82) is 0 Å². The first-order chi connectivity index (χ1) is 6.42. The largest absolute Gasteiger partial charge is 0.494 e. The Hall–Kier alpha value is -1.42. The Morgan fingerprint density at radius 1 is 1.46 bits per heavy atom. The van der Waals surface area contributed by atoms with Crippen molar-refractivity contribution in [3.63, 3.8) is 0 Å². The molecule has 4 heteroatoms. The van der Waals surface area contributed by atoms with Crippen LogP contribution in [0.2, 0.25) is 0 Å². The van der Waals surface area contributed by atoms with Crippen LogP contribution in [-0.4, -0.2) is 17.1 Å². The van der Waals surface area contributed by atoms with Gasteiger partial charge in [0, 0.05) is 17.8 Å². The number of hydrogen-bond acceptors (Lipinski definition) is 4. The van der Waals surface area contributed by atoms with Crippen molar-refractivity contribution in [2.24, 2.45) is 0 Å². The molecule has 0 saturated carbocycles. The molecule has 0 amide bonds. The summed E-state index contributed by atoms with van der Waals surface area (Å²) in [6, 6.07) is 1.87. The van der Waals surface area contributed by atoms with Crippen molar-refractivity contribution in [2.45, 2.75) is 0 Å². The summed E-state index contributed by atoms with van der Waals surface area (Å²) in [6.45, 7) is 0. The molecule has 2 heterocycles. The normalized spacial score (nSPS) is 9.92. The molecule has 0 aliphatic carbocycles. The quantitative estimate of drug-likeness (QED) is 0.728. The fourth-order valence-electron chi connectivity index (χ4n) is 1.02. The van der Waals surface area contributed by atoms with Gasteiger partial charge in [0.2, 0.25) is 0 Å². The lowest BCUT2D eigenvalue weighted by molar-refractivity contribution is 0.413. The number of thiazole rings is 1. The van der Waals surface area contributed by atoms with Gasteiger partial charge in [-0.3, -0.25) is 4.98 Å². The molecule has 2 aromatic heterocycles. The lowest BCUT2D eigenvalue weighted by Gasteiger charge is -2.02. The Bertz CT molecular complexity index is 386. The standard InChI is InChI=1S/C9H7N2OS/c1-12-8-6-10-3-2-7(8)9-11-4-5-13-9/h2-5H,1H3. The highest BCUT2D eigenvalue weighted by molar-refractivity contribution is 7.13. The van der Waals surface area contributed by atoms with E-state index in [2.05, 4.69) is 16.2 Å². The average molecular weight is 191 g/mol. The van der Waals surface area contributed by atoms with Crippen LogP contribution in [0.1, 0.15) is 0 Å². The molecule has 0 aliphatic heterocycles. The van der Waals surface area contributed by atoms with E-state index < -0.39 is 0 Å². The van der Waals surface area contributed by atoms with Crippen molar-refractivity contribution in [3.8, 4) is 16.3 Å². The highest BCUT2D eigenvalue weighted by Crippen LogP contribution is 2.29. The van der Waals surface area contributed by atoms with Gasteiger partial charge in [0.25, 0.3) is 0 Å². The summed E-state index contributed by atoms with van der Waals surface area (Å²) in [5.41, 5.74) is 0.938. The first-order valence-corrected chi connectivity index (χ1v) is 4.60. The number of hydrogen-bond donors (Lipinski definition) is 0. The van der Waals surface area contributed by atoms with E-state index in [0.717, 1.165) is 10.6 Å². The molecule has 13 heavy (non-hydrogen) atoms. The first-order valence-electron chi connectivity index (χ1n) is 3.72. The van der Waals surface area contributed by atoms with Crippen molar-refractivity contribution in [2.75, 3.05) is 7.11 Å². The van der Waals surface area contributed by atoms with Gasteiger partial charge in [0.15, 0.2) is 5.75 Å². The predicted molar refractivity (Wildman–Crippen MR) is 50.7 cm³/mol. The molecule has 2 rings (SSSR count). The third-order valence-corrected chi connectivity index (χ3v) is 2.40. The van der Waals surface area contributed by atoms with Crippen LogP contribution in [0, 0.1) is 6.20 Å². The zero-order chi connectivity index (χ0) is 9.10. The highest BCUT2D eigenvalue weighted by atomic mass is 32.1. The third kappa shape index (κ3) is 1.53. The van der Waals surface area contributed by atoms with Crippen molar-refractivity contribution in [1.82, 2.24) is 9.97 Å². The van der Waals surface area contributed by atoms with Gasteiger partial charge < -0.3 is 4.74 Å². The summed E-state index contributed by atoms with van der Waals surface area (Å²) in [4.78, 5) is 8.04. The second kappa shape index (κ2) is 3.53. The zero-order valence-corrected chi connectivity index (χ0v) is 7.84. The molecular formula is C9H7N2OS. The molecule has 1 radical (unpaired) electrons. The topological polar surface area (TPSA) is 35.0 Å². The minimum absolute atomic E-state index is 0.637. The van der Waals surface area contributed by atoms with E-state index in [9.17, 15) is 0 Å². The second-order valence-corrected chi connectivity index (χ2v) is 3.24. The van der Waals surface area contributed by atoms with Crippen molar-refractivity contribution < 1.29 is 4.74 Å². The van der Waals surface area contributed by atoms with Crippen molar-refractivity contribution >= 4 is 11.3 Å². The monoisotopic (exact) mass is 191 g/mol. The highest BCUT2D eigenvalue weighted by Gasteiger charge is 2.06. The molecule has 0 fully saturated rings. The maximum Gasteiger partial charge on any atom is 0.157 e.